The van der Waals surface area contributed by atoms with E-state index in [0.717, 1.165) is 41.7 Å². The minimum Gasteiger partial charge on any atom is -0.494 e. The van der Waals surface area contributed by atoms with Gasteiger partial charge in [0, 0.05) is 18.1 Å². The van der Waals surface area contributed by atoms with Gasteiger partial charge < -0.3 is 14.2 Å². The molecule has 1 unspecified atom stereocenters. The predicted octanol–water partition coefficient (Wildman–Crippen LogP) is 5.18. The number of unbranched alkanes of at least 4 members (excludes halogenated alkanes) is 2. The Balaban J connectivity index is 1.43. The fourth-order valence-electron chi connectivity index (χ4n) is 3.18. The Hall–Kier alpha value is -3.34. The van der Waals surface area contributed by atoms with E-state index in [1.54, 1.807) is 0 Å². The van der Waals surface area contributed by atoms with E-state index < -0.39 is 0 Å². The summed E-state index contributed by atoms with van der Waals surface area (Å²) in [7, 11) is 0. The third kappa shape index (κ3) is 5.83. The van der Waals surface area contributed by atoms with Gasteiger partial charge in [-0.05, 0) is 48.1 Å². The molecule has 0 saturated carbocycles. The Morgan fingerprint density at radius 1 is 1.00 bits per heavy atom. The predicted molar refractivity (Wildman–Crippen MR) is 115 cm³/mol. The summed E-state index contributed by atoms with van der Waals surface area (Å²) in [5.41, 5.74) is 3.68. The van der Waals surface area contributed by atoms with Crippen molar-refractivity contribution in [3.63, 3.8) is 0 Å². The van der Waals surface area contributed by atoms with E-state index >= 15 is 0 Å². The van der Waals surface area contributed by atoms with Crippen molar-refractivity contribution >= 4 is 11.9 Å². The highest BCUT2D eigenvalue weighted by Gasteiger charge is 2.28. The number of benzene rings is 2. The first-order valence-electron chi connectivity index (χ1n) is 10.1. The zero-order valence-corrected chi connectivity index (χ0v) is 17.0. The number of carbonyl (C=O) groups is 2. The molecule has 1 aliphatic rings. The number of ether oxygens (including phenoxy) is 3. The molecule has 0 amide bonds. The maximum absolute atomic E-state index is 11.5. The van der Waals surface area contributed by atoms with E-state index in [-0.39, 0.29) is 18.0 Å². The molecule has 0 N–H and O–H groups in total. The fourth-order valence-corrected chi connectivity index (χ4v) is 3.18. The minimum absolute atomic E-state index is 0.233. The quantitative estimate of drug-likeness (QED) is 0.309. The van der Waals surface area contributed by atoms with Crippen LogP contribution in [-0.2, 0) is 19.1 Å². The van der Waals surface area contributed by atoms with Gasteiger partial charge in [-0.25, -0.2) is 9.59 Å². The molecule has 0 radical (unpaired) electrons. The highest BCUT2D eigenvalue weighted by molar-refractivity contribution is 5.90. The number of rotatable bonds is 10. The summed E-state index contributed by atoms with van der Waals surface area (Å²) in [6, 6.07) is 16.0. The minimum atomic E-state index is -0.381. The maximum atomic E-state index is 11.5. The average Bonchev–Trinajstić information content (AvgIpc) is 3.11. The number of carbonyl (C=O) groups excluding carboxylic acids is 2. The van der Waals surface area contributed by atoms with Gasteiger partial charge in [-0.2, -0.15) is 0 Å². The van der Waals surface area contributed by atoms with Gasteiger partial charge in [-0.3, -0.25) is 0 Å². The summed E-state index contributed by atoms with van der Waals surface area (Å²) < 4.78 is 16.0. The van der Waals surface area contributed by atoms with Crippen LogP contribution in [0.25, 0.3) is 11.1 Å². The normalized spacial score (nSPS) is 15.5. The summed E-state index contributed by atoms with van der Waals surface area (Å²) in [6.07, 6.45) is 4.12. The molecule has 2 aromatic carbocycles. The Kier molecular flexibility index (Phi) is 7.44. The van der Waals surface area contributed by atoms with Crippen LogP contribution in [-0.4, -0.2) is 25.2 Å². The zero-order valence-electron chi connectivity index (χ0n) is 17.0. The first kappa shape index (κ1) is 21.4. The van der Waals surface area contributed by atoms with Crippen molar-refractivity contribution in [3.05, 3.63) is 78.9 Å². The van der Waals surface area contributed by atoms with Crippen molar-refractivity contribution in [1.29, 1.82) is 0 Å². The van der Waals surface area contributed by atoms with E-state index in [4.69, 9.17) is 14.2 Å². The first-order valence-corrected chi connectivity index (χ1v) is 10.1. The molecule has 0 spiro atoms. The maximum Gasteiger partial charge on any atom is 0.334 e. The second-order valence-corrected chi connectivity index (χ2v) is 7.13. The van der Waals surface area contributed by atoms with Crippen LogP contribution in [0.4, 0.5) is 0 Å². The molecule has 156 valence electrons. The Morgan fingerprint density at radius 2 is 1.63 bits per heavy atom. The van der Waals surface area contributed by atoms with E-state index in [1.807, 2.05) is 48.5 Å². The molecule has 5 nitrogen and oxygen atoms in total. The number of hydrogen-bond donors (Lipinski definition) is 0. The van der Waals surface area contributed by atoms with Crippen molar-refractivity contribution in [1.82, 2.24) is 0 Å². The van der Waals surface area contributed by atoms with Gasteiger partial charge >= 0.3 is 11.9 Å². The second-order valence-electron chi connectivity index (χ2n) is 7.13. The molecule has 1 atom stereocenters. The molecular weight excluding hydrogens is 380 g/mol. The first-order chi connectivity index (χ1) is 14.6. The lowest BCUT2D eigenvalue weighted by Crippen LogP contribution is -2.03. The van der Waals surface area contributed by atoms with Crippen molar-refractivity contribution in [2.24, 2.45) is 0 Å². The van der Waals surface area contributed by atoms with Crippen LogP contribution in [0.2, 0.25) is 0 Å². The van der Waals surface area contributed by atoms with Crippen LogP contribution in [0.3, 0.4) is 0 Å². The second kappa shape index (κ2) is 10.4. The molecule has 5 heteroatoms. The van der Waals surface area contributed by atoms with Gasteiger partial charge in [0.25, 0.3) is 0 Å². The van der Waals surface area contributed by atoms with Gasteiger partial charge in [0.05, 0.1) is 13.2 Å². The number of hydrogen-bond acceptors (Lipinski definition) is 5. The van der Waals surface area contributed by atoms with Gasteiger partial charge in [-0.15, -0.1) is 0 Å². The zero-order chi connectivity index (χ0) is 21.3. The van der Waals surface area contributed by atoms with Crippen LogP contribution in [0.5, 0.6) is 5.75 Å². The van der Waals surface area contributed by atoms with Gasteiger partial charge in [0.15, 0.2) is 0 Å². The summed E-state index contributed by atoms with van der Waals surface area (Å²) in [5.74, 6) is 0.134. The topological polar surface area (TPSA) is 61.8 Å². The van der Waals surface area contributed by atoms with Gasteiger partial charge in [-0.1, -0.05) is 49.6 Å². The lowest BCUT2D eigenvalue weighted by molar-refractivity contribution is -0.139. The SMILES string of the molecule is C=CC(=O)OCCCCCOc1ccc(-c2ccc(C3CC(=C)C(=O)O3)cc2)cc1. The van der Waals surface area contributed by atoms with Crippen LogP contribution in [0.15, 0.2) is 73.3 Å². The van der Waals surface area contributed by atoms with E-state index in [2.05, 4.69) is 13.2 Å². The lowest BCUT2D eigenvalue weighted by atomic mass is 10.00. The molecule has 30 heavy (non-hydrogen) atoms. The highest BCUT2D eigenvalue weighted by atomic mass is 16.6. The largest absolute Gasteiger partial charge is 0.494 e. The van der Waals surface area contributed by atoms with Crippen molar-refractivity contribution in [3.8, 4) is 16.9 Å². The number of esters is 2. The third-order valence-electron chi connectivity index (χ3n) is 4.91. The monoisotopic (exact) mass is 406 g/mol. The summed E-state index contributed by atoms with van der Waals surface area (Å²) in [5, 5.41) is 0. The van der Waals surface area contributed by atoms with E-state index in [1.165, 1.54) is 6.08 Å². The molecule has 0 aromatic heterocycles. The smallest absolute Gasteiger partial charge is 0.334 e. The van der Waals surface area contributed by atoms with Crippen LogP contribution in [0, 0.1) is 0 Å². The third-order valence-corrected chi connectivity index (χ3v) is 4.91. The highest BCUT2D eigenvalue weighted by Crippen LogP contribution is 2.33. The molecule has 1 fully saturated rings. The summed E-state index contributed by atoms with van der Waals surface area (Å²) in [4.78, 5) is 22.4. The van der Waals surface area contributed by atoms with Crippen LogP contribution >= 0.6 is 0 Å². The molecule has 1 saturated heterocycles. The number of cyclic esters (lactones) is 1. The molecule has 3 rings (SSSR count). The van der Waals surface area contributed by atoms with Gasteiger partial charge in [0.2, 0.25) is 0 Å². The molecule has 2 aromatic rings. The standard InChI is InChI=1S/C25H26O5/c1-3-24(26)29-16-6-4-5-15-28-22-13-11-20(12-14-22)19-7-9-21(10-8-19)23-17-18(2)25(27)30-23/h3,7-14,23H,1-2,4-6,15-17H2. The van der Waals surface area contributed by atoms with Crippen LogP contribution < -0.4 is 4.74 Å². The van der Waals surface area contributed by atoms with Crippen LogP contribution in [0.1, 0.15) is 37.4 Å². The lowest BCUT2D eigenvalue weighted by Gasteiger charge is -2.11. The fraction of sp³-hybridized carbons (Fsp3) is 0.280. The van der Waals surface area contributed by atoms with E-state index in [9.17, 15) is 9.59 Å². The Bertz CT molecular complexity index is 880. The molecule has 0 bridgehead atoms. The van der Waals surface area contributed by atoms with E-state index in [0.29, 0.717) is 25.2 Å². The molecule has 1 aliphatic heterocycles. The average molecular weight is 406 g/mol. The van der Waals surface area contributed by atoms with Crippen molar-refractivity contribution in [2.45, 2.75) is 31.8 Å². The molecular formula is C25H26O5. The van der Waals surface area contributed by atoms with Gasteiger partial charge in [0.1, 0.15) is 11.9 Å². The Labute approximate surface area is 177 Å². The van der Waals surface area contributed by atoms with Crippen molar-refractivity contribution in [2.75, 3.05) is 13.2 Å². The summed E-state index contributed by atoms with van der Waals surface area (Å²) >= 11 is 0. The molecule has 0 aliphatic carbocycles. The Morgan fingerprint density at radius 3 is 2.23 bits per heavy atom. The summed E-state index contributed by atoms with van der Waals surface area (Å²) in [6.45, 7) is 8.12. The van der Waals surface area contributed by atoms with Crippen molar-refractivity contribution < 1.29 is 23.8 Å². The molecule has 1 heterocycles.